The lowest BCUT2D eigenvalue weighted by atomic mass is 10.0. The van der Waals surface area contributed by atoms with Crippen LogP contribution < -0.4 is 5.32 Å². The first-order chi connectivity index (χ1) is 12.0. The molecular weight excluding hydrogens is 316 g/mol. The lowest BCUT2D eigenvalue weighted by Crippen LogP contribution is -2.44. The van der Waals surface area contributed by atoms with E-state index in [1.54, 1.807) is 16.6 Å². The zero-order valence-corrected chi connectivity index (χ0v) is 15.1. The van der Waals surface area contributed by atoms with Crippen LogP contribution in [-0.2, 0) is 0 Å². The van der Waals surface area contributed by atoms with Crippen LogP contribution in [0.15, 0.2) is 30.5 Å². The Balaban J connectivity index is 1.80. The Morgan fingerprint density at radius 3 is 2.52 bits per heavy atom. The maximum atomic E-state index is 12.7. The van der Waals surface area contributed by atoms with Crippen LogP contribution in [0.25, 0.3) is 5.69 Å². The Bertz CT molecular complexity index is 730. The van der Waals surface area contributed by atoms with Crippen LogP contribution in [0.2, 0.25) is 0 Å². The number of aromatic nitrogens is 2. The van der Waals surface area contributed by atoms with E-state index in [4.69, 9.17) is 0 Å². The summed E-state index contributed by atoms with van der Waals surface area (Å²) in [7, 11) is 1.79. The minimum Gasteiger partial charge on any atom is -0.504 e. The summed E-state index contributed by atoms with van der Waals surface area (Å²) in [6.07, 6.45) is 3.33. The van der Waals surface area contributed by atoms with E-state index >= 15 is 0 Å². The third-order valence-electron chi connectivity index (χ3n) is 4.90. The first kappa shape index (κ1) is 17.5. The van der Waals surface area contributed by atoms with E-state index in [1.807, 2.05) is 24.3 Å². The van der Waals surface area contributed by atoms with Gasteiger partial charge in [0.25, 0.3) is 5.91 Å². The van der Waals surface area contributed by atoms with Crippen LogP contribution in [0, 0.1) is 0 Å². The first-order valence-electron chi connectivity index (χ1n) is 8.84. The van der Waals surface area contributed by atoms with Crippen molar-refractivity contribution >= 4 is 5.91 Å². The second-order valence-electron chi connectivity index (χ2n) is 6.95. The molecule has 2 heterocycles. The second-order valence-corrected chi connectivity index (χ2v) is 6.95. The number of benzene rings is 1. The zero-order valence-electron chi connectivity index (χ0n) is 15.1. The van der Waals surface area contributed by atoms with Gasteiger partial charge in [-0.2, -0.15) is 5.10 Å². The zero-order chi connectivity index (χ0) is 18.0. The normalized spacial score (nSPS) is 15.5. The van der Waals surface area contributed by atoms with E-state index in [9.17, 15) is 9.90 Å². The maximum Gasteiger partial charge on any atom is 0.278 e. The van der Waals surface area contributed by atoms with Crippen LogP contribution in [-0.4, -0.2) is 51.9 Å². The average Bonchev–Trinajstić information content (AvgIpc) is 3.03. The van der Waals surface area contributed by atoms with Gasteiger partial charge in [0, 0.05) is 13.1 Å². The number of rotatable bonds is 4. The molecule has 6 heteroatoms. The highest BCUT2D eigenvalue weighted by Gasteiger charge is 2.27. The summed E-state index contributed by atoms with van der Waals surface area (Å²) in [6, 6.07) is 8.17. The monoisotopic (exact) mass is 342 g/mol. The molecule has 1 aliphatic heterocycles. The van der Waals surface area contributed by atoms with Gasteiger partial charge in [-0.05, 0) is 49.5 Å². The molecule has 2 aromatic rings. The van der Waals surface area contributed by atoms with Crippen molar-refractivity contribution in [2.75, 3.05) is 20.1 Å². The van der Waals surface area contributed by atoms with Gasteiger partial charge in [-0.25, -0.2) is 4.68 Å². The molecule has 25 heavy (non-hydrogen) atoms. The van der Waals surface area contributed by atoms with Crippen molar-refractivity contribution in [3.63, 3.8) is 0 Å². The SMILES string of the molecule is CC(C)c1ccc(-n2cc(O)c(C(=O)N(C)C3CCNCC3)n2)cc1. The Hall–Kier alpha value is -2.34. The molecule has 1 aromatic carbocycles. The molecule has 1 fully saturated rings. The summed E-state index contributed by atoms with van der Waals surface area (Å²) in [5.41, 5.74) is 2.17. The predicted octanol–water partition coefficient (Wildman–Crippen LogP) is 2.53. The van der Waals surface area contributed by atoms with Crippen molar-refractivity contribution in [2.45, 2.75) is 38.6 Å². The van der Waals surface area contributed by atoms with E-state index < -0.39 is 0 Å². The van der Waals surface area contributed by atoms with Crippen LogP contribution in [0.5, 0.6) is 5.75 Å². The van der Waals surface area contributed by atoms with Gasteiger partial charge in [0.2, 0.25) is 0 Å². The van der Waals surface area contributed by atoms with Gasteiger partial charge in [-0.15, -0.1) is 0 Å². The number of nitrogens with one attached hydrogen (secondary N) is 1. The summed E-state index contributed by atoms with van der Waals surface area (Å²) in [5.74, 6) is 0.136. The molecule has 0 saturated carbocycles. The molecule has 6 nitrogen and oxygen atoms in total. The average molecular weight is 342 g/mol. The molecule has 134 valence electrons. The Kier molecular flexibility index (Phi) is 5.08. The van der Waals surface area contributed by atoms with Crippen LogP contribution in [0.1, 0.15) is 48.7 Å². The molecule has 0 atom stereocenters. The summed E-state index contributed by atoms with van der Waals surface area (Å²) in [5, 5.41) is 17.8. The fourth-order valence-electron chi connectivity index (χ4n) is 3.19. The third kappa shape index (κ3) is 3.69. The molecule has 0 aliphatic carbocycles. The number of nitrogens with zero attached hydrogens (tertiary/aromatic N) is 3. The maximum absolute atomic E-state index is 12.7. The molecule has 1 aromatic heterocycles. The van der Waals surface area contributed by atoms with E-state index in [1.165, 1.54) is 11.8 Å². The third-order valence-corrected chi connectivity index (χ3v) is 4.90. The molecule has 2 N–H and O–H groups in total. The minimum absolute atomic E-state index is 0.0845. The number of hydrogen-bond acceptors (Lipinski definition) is 4. The number of aromatic hydroxyl groups is 1. The second kappa shape index (κ2) is 7.27. The van der Waals surface area contributed by atoms with Gasteiger partial charge in [0.1, 0.15) is 0 Å². The van der Waals surface area contributed by atoms with Crippen molar-refractivity contribution in [2.24, 2.45) is 0 Å². The summed E-state index contributed by atoms with van der Waals surface area (Å²) < 4.78 is 1.56. The number of hydrogen-bond donors (Lipinski definition) is 2. The van der Waals surface area contributed by atoms with Crippen molar-refractivity contribution in [1.29, 1.82) is 0 Å². The highest BCUT2D eigenvalue weighted by molar-refractivity contribution is 5.94. The van der Waals surface area contributed by atoms with Gasteiger partial charge in [0.15, 0.2) is 11.4 Å². The Morgan fingerprint density at radius 1 is 1.28 bits per heavy atom. The lowest BCUT2D eigenvalue weighted by Gasteiger charge is -2.31. The summed E-state index contributed by atoms with van der Waals surface area (Å²) in [6.45, 7) is 6.10. The van der Waals surface area contributed by atoms with Crippen molar-refractivity contribution in [3.05, 3.63) is 41.7 Å². The molecular formula is C19H26N4O2. The fraction of sp³-hybridized carbons (Fsp3) is 0.474. The molecule has 0 bridgehead atoms. The minimum atomic E-state index is -0.234. The highest BCUT2D eigenvalue weighted by atomic mass is 16.3. The van der Waals surface area contributed by atoms with Gasteiger partial charge in [-0.1, -0.05) is 26.0 Å². The summed E-state index contributed by atoms with van der Waals surface area (Å²) in [4.78, 5) is 14.4. The largest absolute Gasteiger partial charge is 0.504 e. The van der Waals surface area contributed by atoms with Crippen LogP contribution >= 0.6 is 0 Å². The van der Waals surface area contributed by atoms with Gasteiger partial charge in [0.05, 0.1) is 11.9 Å². The molecule has 0 spiro atoms. The fourth-order valence-corrected chi connectivity index (χ4v) is 3.19. The quantitative estimate of drug-likeness (QED) is 0.896. The topological polar surface area (TPSA) is 70.4 Å². The van der Waals surface area contributed by atoms with Crippen molar-refractivity contribution in [3.8, 4) is 11.4 Å². The van der Waals surface area contributed by atoms with E-state index in [0.717, 1.165) is 31.6 Å². The smallest absolute Gasteiger partial charge is 0.278 e. The molecule has 3 rings (SSSR count). The number of carbonyl (C=O) groups is 1. The molecule has 0 radical (unpaired) electrons. The first-order valence-corrected chi connectivity index (χ1v) is 8.84. The molecule has 0 unspecified atom stereocenters. The van der Waals surface area contributed by atoms with E-state index in [2.05, 4.69) is 24.3 Å². The number of amides is 1. The van der Waals surface area contributed by atoms with Crippen molar-refractivity contribution in [1.82, 2.24) is 20.0 Å². The number of piperidine rings is 1. The number of carbonyl (C=O) groups excluding carboxylic acids is 1. The van der Waals surface area contributed by atoms with Crippen molar-refractivity contribution < 1.29 is 9.90 Å². The predicted molar refractivity (Wildman–Crippen MR) is 97.3 cm³/mol. The highest BCUT2D eigenvalue weighted by Crippen LogP contribution is 2.23. The lowest BCUT2D eigenvalue weighted by molar-refractivity contribution is 0.0694. The summed E-state index contributed by atoms with van der Waals surface area (Å²) >= 11 is 0. The molecule has 1 aliphatic rings. The van der Waals surface area contributed by atoms with Gasteiger partial charge < -0.3 is 15.3 Å². The van der Waals surface area contributed by atoms with E-state index in [-0.39, 0.29) is 23.4 Å². The molecule has 1 amide bonds. The van der Waals surface area contributed by atoms with Crippen LogP contribution in [0.4, 0.5) is 0 Å². The molecule has 1 saturated heterocycles. The van der Waals surface area contributed by atoms with E-state index in [0.29, 0.717) is 5.92 Å². The van der Waals surface area contributed by atoms with Gasteiger partial charge >= 0.3 is 0 Å². The Morgan fingerprint density at radius 2 is 1.92 bits per heavy atom. The van der Waals surface area contributed by atoms with Crippen LogP contribution in [0.3, 0.4) is 0 Å². The standard InChI is InChI=1S/C19H26N4O2/c1-13(2)14-4-6-16(7-5-14)23-12-17(24)18(21-23)19(25)22(3)15-8-10-20-11-9-15/h4-7,12-13,15,20,24H,8-11H2,1-3H3. The Labute approximate surface area is 148 Å². The van der Waals surface area contributed by atoms with Gasteiger partial charge in [-0.3, -0.25) is 4.79 Å².